The first-order chi connectivity index (χ1) is 11.0. The van der Waals surface area contributed by atoms with Crippen molar-refractivity contribution in [3.05, 3.63) is 21.4 Å². The van der Waals surface area contributed by atoms with Crippen LogP contribution in [0.3, 0.4) is 0 Å². The molecule has 134 valence electrons. The minimum absolute atomic E-state index is 0.0287. The predicted octanol–water partition coefficient (Wildman–Crippen LogP) is 4.05. The summed E-state index contributed by atoms with van der Waals surface area (Å²) < 4.78 is 39.8. The molecule has 8 heteroatoms. The third-order valence-corrected chi connectivity index (χ3v) is 4.48. The SMILES string of the molecule is COc1ncc([C@H]2CN(C(=O)OC(C)(C)C)CCC2(F)F)cc1I. The van der Waals surface area contributed by atoms with Crippen molar-refractivity contribution in [1.29, 1.82) is 0 Å². The van der Waals surface area contributed by atoms with Crippen LogP contribution >= 0.6 is 22.6 Å². The normalized spacial score (nSPS) is 20.6. The molecule has 0 radical (unpaired) electrons. The van der Waals surface area contributed by atoms with E-state index in [4.69, 9.17) is 9.47 Å². The standard InChI is InChI=1S/C16H21F2IN2O3/c1-15(2,3)24-14(22)21-6-5-16(17,18)11(9-21)10-7-12(19)13(23-4)20-8-10/h7-8,11H,5-6,9H2,1-4H3/t11-/m1/s1. The molecule has 2 heterocycles. The minimum Gasteiger partial charge on any atom is -0.480 e. The van der Waals surface area contributed by atoms with Crippen LogP contribution in [0, 0.1) is 3.57 Å². The molecule has 1 amide bonds. The number of ether oxygens (including phenoxy) is 2. The molecule has 24 heavy (non-hydrogen) atoms. The van der Waals surface area contributed by atoms with Gasteiger partial charge in [-0.3, -0.25) is 0 Å². The first-order valence-electron chi connectivity index (χ1n) is 7.58. The molecule has 1 aliphatic heterocycles. The van der Waals surface area contributed by atoms with Crippen LogP contribution in [-0.4, -0.2) is 47.7 Å². The number of aromatic nitrogens is 1. The minimum atomic E-state index is -2.90. The fourth-order valence-corrected chi connectivity index (χ4v) is 3.25. The van der Waals surface area contributed by atoms with E-state index in [9.17, 15) is 13.6 Å². The number of methoxy groups -OCH3 is 1. The van der Waals surface area contributed by atoms with Gasteiger partial charge in [-0.2, -0.15) is 0 Å². The Morgan fingerprint density at radius 2 is 2.12 bits per heavy atom. The lowest BCUT2D eigenvalue weighted by atomic mass is 9.88. The largest absolute Gasteiger partial charge is 0.480 e. The number of hydrogen-bond donors (Lipinski definition) is 0. The fourth-order valence-electron chi connectivity index (χ4n) is 2.53. The molecule has 0 spiro atoms. The van der Waals surface area contributed by atoms with Gasteiger partial charge in [-0.1, -0.05) is 0 Å². The van der Waals surface area contributed by atoms with Gasteiger partial charge >= 0.3 is 6.09 Å². The Morgan fingerprint density at radius 3 is 2.67 bits per heavy atom. The zero-order valence-corrected chi connectivity index (χ0v) is 16.3. The molecule has 1 aromatic heterocycles. The van der Waals surface area contributed by atoms with E-state index < -0.39 is 30.0 Å². The summed E-state index contributed by atoms with van der Waals surface area (Å²) in [5, 5.41) is 0. The maximum Gasteiger partial charge on any atom is 0.410 e. The summed E-state index contributed by atoms with van der Waals surface area (Å²) in [7, 11) is 1.48. The molecule has 0 aliphatic carbocycles. The molecule has 0 bridgehead atoms. The summed E-state index contributed by atoms with van der Waals surface area (Å²) in [4.78, 5) is 17.6. The molecule has 0 N–H and O–H groups in total. The number of carbonyl (C=O) groups excluding carboxylic acids is 1. The van der Waals surface area contributed by atoms with E-state index in [2.05, 4.69) is 4.98 Å². The van der Waals surface area contributed by atoms with Crippen LogP contribution in [0.4, 0.5) is 13.6 Å². The molecule has 1 atom stereocenters. The van der Waals surface area contributed by atoms with Gasteiger partial charge in [0.2, 0.25) is 5.88 Å². The highest BCUT2D eigenvalue weighted by molar-refractivity contribution is 14.1. The van der Waals surface area contributed by atoms with Crippen molar-refractivity contribution in [3.8, 4) is 5.88 Å². The second kappa shape index (κ2) is 6.97. The number of nitrogens with zero attached hydrogens (tertiary/aromatic N) is 2. The molecule has 0 aromatic carbocycles. The van der Waals surface area contributed by atoms with E-state index in [1.54, 1.807) is 26.8 Å². The average molecular weight is 454 g/mol. The van der Waals surface area contributed by atoms with Gasteiger partial charge in [0.25, 0.3) is 5.92 Å². The first-order valence-corrected chi connectivity index (χ1v) is 8.66. The smallest absolute Gasteiger partial charge is 0.410 e. The first kappa shape index (κ1) is 19.1. The number of amides is 1. The number of pyridine rings is 1. The zero-order valence-electron chi connectivity index (χ0n) is 14.1. The fraction of sp³-hybridized carbons (Fsp3) is 0.625. The molecular formula is C16H21F2IN2O3. The van der Waals surface area contributed by atoms with Gasteiger partial charge in [0.15, 0.2) is 0 Å². The Kier molecular flexibility index (Phi) is 5.56. The second-order valence-electron chi connectivity index (χ2n) is 6.75. The van der Waals surface area contributed by atoms with Gasteiger partial charge in [0.05, 0.1) is 16.6 Å². The Balaban J connectivity index is 2.23. The van der Waals surface area contributed by atoms with Gasteiger partial charge < -0.3 is 14.4 Å². The van der Waals surface area contributed by atoms with Crippen molar-refractivity contribution < 1.29 is 23.0 Å². The van der Waals surface area contributed by atoms with E-state index >= 15 is 0 Å². The summed E-state index contributed by atoms with van der Waals surface area (Å²) in [6.45, 7) is 5.11. The molecule has 0 saturated carbocycles. The Labute approximate surface area is 153 Å². The number of likely N-dealkylation sites (tertiary alicyclic amines) is 1. The molecule has 0 unspecified atom stereocenters. The molecule has 1 saturated heterocycles. The Morgan fingerprint density at radius 1 is 1.46 bits per heavy atom. The van der Waals surface area contributed by atoms with Crippen molar-refractivity contribution in [2.45, 2.75) is 44.6 Å². The molecule has 2 rings (SSSR count). The van der Waals surface area contributed by atoms with Crippen LogP contribution in [0.2, 0.25) is 0 Å². The lowest BCUT2D eigenvalue weighted by molar-refractivity contribution is -0.0772. The molecule has 1 aromatic rings. The summed E-state index contributed by atoms with van der Waals surface area (Å²) in [6.07, 6.45) is 0.414. The number of piperidine rings is 1. The summed E-state index contributed by atoms with van der Waals surface area (Å²) in [5.41, 5.74) is -0.276. The van der Waals surface area contributed by atoms with Crippen LogP contribution in [0.15, 0.2) is 12.3 Å². The Hall–Kier alpha value is -1.19. The van der Waals surface area contributed by atoms with E-state index in [1.807, 2.05) is 22.6 Å². The third-order valence-electron chi connectivity index (χ3n) is 3.70. The molecule has 5 nitrogen and oxygen atoms in total. The number of alkyl halides is 2. The Bertz CT molecular complexity index is 620. The monoisotopic (exact) mass is 454 g/mol. The zero-order chi connectivity index (χ0) is 18.1. The lowest BCUT2D eigenvalue weighted by Gasteiger charge is -2.39. The van der Waals surface area contributed by atoms with Crippen LogP contribution in [0.5, 0.6) is 5.88 Å². The molecule has 1 fully saturated rings. The van der Waals surface area contributed by atoms with Crippen LogP contribution in [-0.2, 0) is 4.74 Å². The highest BCUT2D eigenvalue weighted by Gasteiger charge is 2.46. The van der Waals surface area contributed by atoms with Gasteiger partial charge in [0.1, 0.15) is 5.60 Å². The number of rotatable bonds is 2. The van der Waals surface area contributed by atoms with Gasteiger partial charge in [-0.15, -0.1) is 0 Å². The van der Waals surface area contributed by atoms with Crippen molar-refractivity contribution in [3.63, 3.8) is 0 Å². The van der Waals surface area contributed by atoms with Crippen molar-refractivity contribution in [2.24, 2.45) is 0 Å². The van der Waals surface area contributed by atoms with E-state index in [0.717, 1.165) is 0 Å². The molecular weight excluding hydrogens is 433 g/mol. The van der Waals surface area contributed by atoms with Gasteiger partial charge in [0, 0.05) is 25.7 Å². The third kappa shape index (κ3) is 4.46. The highest BCUT2D eigenvalue weighted by Crippen LogP contribution is 2.41. The van der Waals surface area contributed by atoms with Crippen molar-refractivity contribution in [2.75, 3.05) is 20.2 Å². The lowest BCUT2D eigenvalue weighted by Crippen LogP contribution is -2.49. The topological polar surface area (TPSA) is 51.7 Å². The maximum atomic E-state index is 14.4. The number of carbonyl (C=O) groups is 1. The van der Waals surface area contributed by atoms with Crippen LogP contribution in [0.25, 0.3) is 0 Å². The van der Waals surface area contributed by atoms with E-state index in [1.165, 1.54) is 18.2 Å². The highest BCUT2D eigenvalue weighted by atomic mass is 127. The summed E-state index contributed by atoms with van der Waals surface area (Å²) in [6, 6.07) is 1.63. The van der Waals surface area contributed by atoms with E-state index in [-0.39, 0.29) is 13.1 Å². The summed E-state index contributed by atoms with van der Waals surface area (Å²) >= 11 is 1.99. The number of hydrogen-bond acceptors (Lipinski definition) is 4. The van der Waals surface area contributed by atoms with Crippen molar-refractivity contribution >= 4 is 28.7 Å². The summed E-state index contributed by atoms with van der Waals surface area (Å²) in [5.74, 6) is -3.63. The predicted molar refractivity (Wildman–Crippen MR) is 93.6 cm³/mol. The van der Waals surface area contributed by atoms with Crippen LogP contribution < -0.4 is 4.74 Å². The average Bonchev–Trinajstić information content (AvgIpc) is 2.45. The van der Waals surface area contributed by atoms with Crippen LogP contribution in [0.1, 0.15) is 38.7 Å². The maximum absolute atomic E-state index is 14.4. The quantitative estimate of drug-likeness (QED) is 0.633. The molecule has 1 aliphatic rings. The van der Waals surface area contributed by atoms with E-state index in [0.29, 0.717) is 15.0 Å². The second-order valence-corrected chi connectivity index (χ2v) is 7.91. The van der Waals surface area contributed by atoms with Gasteiger partial charge in [-0.25, -0.2) is 18.6 Å². The van der Waals surface area contributed by atoms with Gasteiger partial charge in [-0.05, 0) is 55.0 Å². The van der Waals surface area contributed by atoms with Crippen molar-refractivity contribution in [1.82, 2.24) is 9.88 Å². The number of halogens is 3.